The second kappa shape index (κ2) is 13.2. The lowest BCUT2D eigenvalue weighted by atomic mass is 10.1. The number of aryl methyl sites for hydroxylation is 1. The smallest absolute Gasteiger partial charge is 0.264 e. The Hall–Kier alpha value is -4.12. The Labute approximate surface area is 246 Å². The maximum absolute atomic E-state index is 14.1. The van der Waals surface area contributed by atoms with Crippen LogP contribution in [0.3, 0.4) is 0 Å². The van der Waals surface area contributed by atoms with E-state index in [9.17, 15) is 22.4 Å². The van der Waals surface area contributed by atoms with Gasteiger partial charge >= 0.3 is 0 Å². The molecule has 3 aromatic rings. The van der Waals surface area contributed by atoms with Gasteiger partial charge in [0.2, 0.25) is 11.8 Å². The summed E-state index contributed by atoms with van der Waals surface area (Å²) in [4.78, 5) is 28.7. The van der Waals surface area contributed by atoms with Gasteiger partial charge in [-0.05, 0) is 74.7 Å². The minimum atomic E-state index is -4.35. The normalized spacial score (nSPS) is 13.4. The van der Waals surface area contributed by atoms with Crippen LogP contribution in [-0.2, 0) is 26.2 Å². The molecule has 0 radical (unpaired) electrons. The van der Waals surface area contributed by atoms with Crippen LogP contribution >= 0.6 is 0 Å². The molecule has 2 amide bonds. The second-order valence-electron chi connectivity index (χ2n) is 10.3. The van der Waals surface area contributed by atoms with E-state index in [4.69, 9.17) is 9.47 Å². The van der Waals surface area contributed by atoms with Crippen molar-refractivity contribution in [2.45, 2.75) is 57.6 Å². The van der Waals surface area contributed by atoms with E-state index in [0.29, 0.717) is 18.8 Å². The Morgan fingerprint density at radius 3 is 2.29 bits per heavy atom. The van der Waals surface area contributed by atoms with Crippen LogP contribution in [0.15, 0.2) is 71.6 Å². The summed E-state index contributed by atoms with van der Waals surface area (Å²) >= 11 is 0. The van der Waals surface area contributed by atoms with Gasteiger partial charge in [-0.1, -0.05) is 31.2 Å². The van der Waals surface area contributed by atoms with E-state index in [1.54, 1.807) is 6.92 Å². The van der Waals surface area contributed by atoms with Crippen LogP contribution in [0, 0.1) is 12.7 Å². The quantitative estimate of drug-likeness (QED) is 0.351. The summed E-state index contributed by atoms with van der Waals surface area (Å²) in [6, 6.07) is 15.6. The van der Waals surface area contributed by atoms with Gasteiger partial charge in [-0.2, -0.15) is 0 Å². The van der Waals surface area contributed by atoms with E-state index in [1.807, 2.05) is 45.0 Å². The molecule has 1 heterocycles. The van der Waals surface area contributed by atoms with Crippen LogP contribution in [0.1, 0.15) is 38.3 Å². The zero-order chi connectivity index (χ0) is 30.4. The summed E-state index contributed by atoms with van der Waals surface area (Å²) in [7, 11) is -4.35. The molecule has 4 rings (SSSR count). The van der Waals surface area contributed by atoms with Crippen molar-refractivity contribution in [3.05, 3.63) is 83.7 Å². The molecular weight excluding hydrogens is 561 g/mol. The average molecular weight is 598 g/mol. The number of sulfonamides is 1. The third-order valence-electron chi connectivity index (χ3n) is 6.91. The number of rotatable bonds is 11. The number of nitrogens with one attached hydrogen (secondary N) is 1. The molecule has 1 atom stereocenters. The molecule has 0 saturated carbocycles. The lowest BCUT2D eigenvalue weighted by molar-refractivity contribution is -0.140. The lowest BCUT2D eigenvalue weighted by Crippen LogP contribution is -2.53. The molecule has 0 bridgehead atoms. The minimum Gasteiger partial charge on any atom is -0.486 e. The predicted octanol–water partition coefficient (Wildman–Crippen LogP) is 4.43. The maximum atomic E-state index is 14.1. The summed E-state index contributed by atoms with van der Waals surface area (Å²) in [5.41, 5.74) is 1.84. The van der Waals surface area contributed by atoms with Crippen molar-refractivity contribution < 1.29 is 31.9 Å². The highest BCUT2D eigenvalue weighted by molar-refractivity contribution is 7.92. The summed E-state index contributed by atoms with van der Waals surface area (Å²) in [5, 5.41) is 2.87. The molecule has 1 N–H and O–H groups in total. The molecule has 0 spiro atoms. The molecule has 0 saturated heterocycles. The monoisotopic (exact) mass is 597 g/mol. The van der Waals surface area contributed by atoms with Crippen LogP contribution in [0.4, 0.5) is 10.1 Å². The molecule has 0 fully saturated rings. The number of nitrogens with zero attached hydrogens (tertiary/aromatic N) is 2. The van der Waals surface area contributed by atoms with E-state index in [-0.39, 0.29) is 41.4 Å². The fourth-order valence-electron chi connectivity index (χ4n) is 4.72. The number of halogens is 1. The van der Waals surface area contributed by atoms with Crippen molar-refractivity contribution in [3.63, 3.8) is 0 Å². The van der Waals surface area contributed by atoms with Gasteiger partial charge in [0.1, 0.15) is 31.6 Å². The van der Waals surface area contributed by atoms with E-state index < -0.39 is 34.3 Å². The third kappa shape index (κ3) is 7.02. The van der Waals surface area contributed by atoms with Gasteiger partial charge in [0.05, 0.1) is 10.6 Å². The molecule has 0 unspecified atom stereocenters. The first kappa shape index (κ1) is 30.8. The third-order valence-corrected chi connectivity index (χ3v) is 8.68. The van der Waals surface area contributed by atoms with E-state index in [1.165, 1.54) is 35.2 Å². The number of carbonyl (C=O) groups excluding carboxylic acids is 2. The summed E-state index contributed by atoms with van der Waals surface area (Å²) < 4.78 is 54.1. The molecule has 9 nitrogen and oxygen atoms in total. The van der Waals surface area contributed by atoms with Crippen molar-refractivity contribution in [2.75, 3.05) is 24.1 Å². The van der Waals surface area contributed by atoms with Crippen LogP contribution in [0.25, 0.3) is 0 Å². The van der Waals surface area contributed by atoms with Gasteiger partial charge in [-0.15, -0.1) is 0 Å². The number of carbonyl (C=O) groups is 2. The van der Waals surface area contributed by atoms with E-state index in [0.717, 1.165) is 27.6 Å². The first-order valence-corrected chi connectivity index (χ1v) is 15.3. The van der Waals surface area contributed by atoms with Gasteiger partial charge in [-0.25, -0.2) is 12.8 Å². The van der Waals surface area contributed by atoms with Crippen LogP contribution in [-0.4, -0.2) is 57.0 Å². The van der Waals surface area contributed by atoms with Crippen molar-refractivity contribution in [1.29, 1.82) is 0 Å². The number of fused-ring (bicyclic) bond motifs is 1. The number of hydrogen-bond donors (Lipinski definition) is 1. The van der Waals surface area contributed by atoms with Gasteiger partial charge in [0, 0.05) is 18.7 Å². The molecule has 11 heteroatoms. The van der Waals surface area contributed by atoms with Crippen molar-refractivity contribution in [2.24, 2.45) is 0 Å². The van der Waals surface area contributed by atoms with Crippen LogP contribution in [0.5, 0.6) is 11.5 Å². The van der Waals surface area contributed by atoms with Crippen molar-refractivity contribution in [3.8, 4) is 11.5 Å². The van der Waals surface area contributed by atoms with Crippen molar-refractivity contribution in [1.82, 2.24) is 10.2 Å². The molecule has 42 heavy (non-hydrogen) atoms. The predicted molar refractivity (Wildman–Crippen MR) is 157 cm³/mol. The minimum absolute atomic E-state index is 0.0927. The highest BCUT2D eigenvalue weighted by Crippen LogP contribution is 2.34. The summed E-state index contributed by atoms with van der Waals surface area (Å²) in [5.74, 6) is -0.799. The van der Waals surface area contributed by atoms with Crippen LogP contribution < -0.4 is 19.1 Å². The van der Waals surface area contributed by atoms with Crippen molar-refractivity contribution >= 4 is 27.5 Å². The first-order chi connectivity index (χ1) is 20.0. The number of amides is 2. The molecule has 0 aromatic heterocycles. The SMILES string of the molecule is CC[C@H](C(=O)NC(C)C)N(Cc1ccccc1C)C(=O)CN(c1ccc(F)cc1)S(=O)(=O)c1ccc2c(c1)OCCO2. The van der Waals surface area contributed by atoms with Gasteiger partial charge in [0.25, 0.3) is 10.0 Å². The number of anilines is 1. The lowest BCUT2D eigenvalue weighted by Gasteiger charge is -2.34. The van der Waals surface area contributed by atoms with Gasteiger partial charge in [-0.3, -0.25) is 13.9 Å². The Morgan fingerprint density at radius 1 is 0.976 bits per heavy atom. The van der Waals surface area contributed by atoms with Gasteiger partial charge < -0.3 is 19.7 Å². The Bertz CT molecular complexity index is 1530. The first-order valence-electron chi connectivity index (χ1n) is 13.8. The summed E-state index contributed by atoms with van der Waals surface area (Å²) in [6.45, 7) is 7.44. The standard InChI is InChI=1S/C31H36FN3O6S/c1-5-27(31(37)33-21(2)3)34(19-23-9-7-6-8-22(23)4)30(36)20-35(25-12-10-24(32)11-13-25)42(38,39)26-14-15-28-29(18-26)41-17-16-40-28/h6-15,18,21,27H,5,16-17,19-20H2,1-4H3,(H,33,37)/t27-/m1/s1. The zero-order valence-electron chi connectivity index (χ0n) is 24.2. The molecule has 224 valence electrons. The highest BCUT2D eigenvalue weighted by Gasteiger charge is 2.34. The molecule has 1 aliphatic rings. The zero-order valence-corrected chi connectivity index (χ0v) is 25.0. The largest absolute Gasteiger partial charge is 0.486 e. The fourth-order valence-corrected chi connectivity index (χ4v) is 6.15. The number of ether oxygens (including phenoxy) is 2. The second-order valence-corrected chi connectivity index (χ2v) is 12.2. The Kier molecular flexibility index (Phi) is 9.72. The Morgan fingerprint density at radius 2 is 1.64 bits per heavy atom. The Balaban J connectivity index is 1.75. The maximum Gasteiger partial charge on any atom is 0.264 e. The number of benzene rings is 3. The molecule has 1 aliphatic heterocycles. The molecule has 0 aliphatic carbocycles. The van der Waals surface area contributed by atoms with E-state index in [2.05, 4.69) is 5.32 Å². The molecule has 3 aromatic carbocycles. The number of hydrogen-bond acceptors (Lipinski definition) is 6. The fraction of sp³-hybridized carbons (Fsp3) is 0.355. The van der Waals surface area contributed by atoms with Crippen LogP contribution in [0.2, 0.25) is 0 Å². The molecular formula is C31H36FN3O6S. The summed E-state index contributed by atoms with van der Waals surface area (Å²) in [6.07, 6.45) is 0.307. The van der Waals surface area contributed by atoms with E-state index >= 15 is 0 Å². The average Bonchev–Trinajstić information content (AvgIpc) is 2.96. The van der Waals surface area contributed by atoms with Gasteiger partial charge in [0.15, 0.2) is 11.5 Å². The topological polar surface area (TPSA) is 105 Å². The highest BCUT2D eigenvalue weighted by atomic mass is 32.2.